The van der Waals surface area contributed by atoms with Crippen LogP contribution in [0, 0.1) is 0 Å². The summed E-state index contributed by atoms with van der Waals surface area (Å²) in [5, 5.41) is 0. The Hall–Kier alpha value is -2.88. The van der Waals surface area contributed by atoms with Crippen LogP contribution in [0.15, 0.2) is 60.6 Å². The number of aromatic nitrogens is 2. The smallest absolute Gasteiger partial charge is 0.333 e. The van der Waals surface area contributed by atoms with Gasteiger partial charge in [0, 0.05) is 11.3 Å². The monoisotopic (exact) mass is 334 g/mol. The molecule has 3 aromatic rings. The molecular weight excluding hydrogens is 312 g/mol. The highest BCUT2D eigenvalue weighted by molar-refractivity contribution is 5.92. The largest absolute Gasteiger partial charge is 0.463 e. The van der Waals surface area contributed by atoms with Crippen LogP contribution in [0.4, 0.5) is 0 Å². The van der Waals surface area contributed by atoms with Gasteiger partial charge in [-0.05, 0) is 56.0 Å². The van der Waals surface area contributed by atoms with Gasteiger partial charge in [-0.25, -0.2) is 9.78 Å². The summed E-state index contributed by atoms with van der Waals surface area (Å²) in [5.41, 5.74) is 5.25. The molecule has 0 saturated carbocycles. The lowest BCUT2D eigenvalue weighted by Gasteiger charge is -2.06. The first-order valence-electron chi connectivity index (χ1n) is 8.51. The average molecular weight is 334 g/mol. The SMILES string of the molecule is CCOC(=O)C(C)=Cc1ccc(CCc2cccc3cncn23)cc1. The third kappa shape index (κ3) is 4.15. The molecule has 0 atom stereocenters. The van der Waals surface area contributed by atoms with Crippen molar-refractivity contribution in [2.24, 2.45) is 0 Å². The number of imidazole rings is 1. The summed E-state index contributed by atoms with van der Waals surface area (Å²) >= 11 is 0. The molecule has 4 nitrogen and oxygen atoms in total. The van der Waals surface area contributed by atoms with Crippen molar-refractivity contribution in [3.8, 4) is 0 Å². The minimum atomic E-state index is -0.264. The van der Waals surface area contributed by atoms with Crippen LogP contribution in [0.2, 0.25) is 0 Å². The van der Waals surface area contributed by atoms with Crippen molar-refractivity contribution in [2.45, 2.75) is 26.7 Å². The molecule has 0 aliphatic rings. The first-order valence-corrected chi connectivity index (χ1v) is 8.51. The lowest BCUT2D eigenvalue weighted by Crippen LogP contribution is -2.04. The molecule has 0 aliphatic carbocycles. The van der Waals surface area contributed by atoms with Gasteiger partial charge in [0.1, 0.15) is 0 Å². The van der Waals surface area contributed by atoms with Crippen LogP contribution in [0.3, 0.4) is 0 Å². The fourth-order valence-corrected chi connectivity index (χ4v) is 2.82. The Kier molecular flexibility index (Phi) is 5.29. The van der Waals surface area contributed by atoms with E-state index in [9.17, 15) is 4.79 Å². The van der Waals surface area contributed by atoms with E-state index in [0.717, 1.165) is 23.9 Å². The van der Waals surface area contributed by atoms with Crippen LogP contribution in [0.25, 0.3) is 11.6 Å². The van der Waals surface area contributed by atoms with Gasteiger partial charge in [-0.1, -0.05) is 30.3 Å². The minimum absolute atomic E-state index is 0.264. The lowest BCUT2D eigenvalue weighted by atomic mass is 10.0. The number of hydrogen-bond acceptors (Lipinski definition) is 3. The molecule has 0 spiro atoms. The molecule has 0 unspecified atom stereocenters. The van der Waals surface area contributed by atoms with Gasteiger partial charge >= 0.3 is 5.97 Å². The number of hydrogen-bond donors (Lipinski definition) is 0. The van der Waals surface area contributed by atoms with Crippen molar-refractivity contribution in [3.63, 3.8) is 0 Å². The van der Waals surface area contributed by atoms with Crippen LogP contribution in [0.5, 0.6) is 0 Å². The van der Waals surface area contributed by atoms with Crippen molar-refractivity contribution in [2.75, 3.05) is 6.61 Å². The Morgan fingerprint density at radius 2 is 1.96 bits per heavy atom. The first kappa shape index (κ1) is 17.0. The summed E-state index contributed by atoms with van der Waals surface area (Å²) in [5.74, 6) is -0.264. The zero-order chi connectivity index (χ0) is 17.6. The van der Waals surface area contributed by atoms with Crippen molar-refractivity contribution >= 4 is 17.6 Å². The summed E-state index contributed by atoms with van der Waals surface area (Å²) in [6.07, 6.45) is 7.49. The van der Waals surface area contributed by atoms with E-state index in [1.54, 1.807) is 6.92 Å². The second-order valence-electron chi connectivity index (χ2n) is 6.00. The maximum absolute atomic E-state index is 11.7. The number of pyridine rings is 1. The fourth-order valence-electron chi connectivity index (χ4n) is 2.82. The number of fused-ring (bicyclic) bond motifs is 1. The minimum Gasteiger partial charge on any atom is -0.463 e. The van der Waals surface area contributed by atoms with Crippen LogP contribution < -0.4 is 0 Å². The topological polar surface area (TPSA) is 43.6 Å². The van der Waals surface area contributed by atoms with Gasteiger partial charge in [-0.15, -0.1) is 0 Å². The summed E-state index contributed by atoms with van der Waals surface area (Å²) in [6.45, 7) is 3.98. The van der Waals surface area contributed by atoms with Gasteiger partial charge in [0.2, 0.25) is 0 Å². The molecule has 0 aliphatic heterocycles. The van der Waals surface area contributed by atoms with Crippen molar-refractivity contribution in [1.29, 1.82) is 0 Å². The zero-order valence-electron chi connectivity index (χ0n) is 14.6. The number of carbonyl (C=O) groups excluding carboxylic acids is 1. The number of esters is 1. The van der Waals surface area contributed by atoms with Gasteiger partial charge in [0.05, 0.1) is 24.6 Å². The Morgan fingerprint density at radius 3 is 2.72 bits per heavy atom. The highest BCUT2D eigenvalue weighted by Gasteiger charge is 2.05. The van der Waals surface area contributed by atoms with E-state index < -0.39 is 0 Å². The van der Waals surface area contributed by atoms with E-state index >= 15 is 0 Å². The molecular formula is C21H22N2O2. The fraction of sp³-hybridized carbons (Fsp3) is 0.238. The number of nitrogens with zero attached hydrogens (tertiary/aromatic N) is 2. The molecule has 3 rings (SSSR count). The Balaban J connectivity index is 1.66. The van der Waals surface area contributed by atoms with Crippen LogP contribution in [-0.4, -0.2) is 22.0 Å². The summed E-state index contributed by atoms with van der Waals surface area (Å²) in [7, 11) is 0. The summed E-state index contributed by atoms with van der Waals surface area (Å²) in [6, 6.07) is 14.6. The van der Waals surface area contributed by atoms with E-state index in [1.165, 1.54) is 11.3 Å². The summed E-state index contributed by atoms with van der Waals surface area (Å²) in [4.78, 5) is 15.9. The highest BCUT2D eigenvalue weighted by Crippen LogP contribution is 2.13. The second kappa shape index (κ2) is 7.79. The predicted molar refractivity (Wildman–Crippen MR) is 99.3 cm³/mol. The standard InChI is InChI=1S/C21H22N2O2/c1-3-25-21(24)16(2)13-18-9-7-17(8-10-18)11-12-19-5-4-6-20-14-22-15-23(19)20/h4-10,13-15H,3,11-12H2,1-2H3. The number of aryl methyl sites for hydroxylation is 2. The van der Waals surface area contributed by atoms with Crippen LogP contribution in [-0.2, 0) is 22.4 Å². The Labute approximate surface area is 147 Å². The van der Waals surface area contributed by atoms with Gasteiger partial charge < -0.3 is 9.14 Å². The average Bonchev–Trinajstić information content (AvgIpc) is 3.10. The van der Waals surface area contributed by atoms with Crippen LogP contribution in [0.1, 0.15) is 30.7 Å². The van der Waals surface area contributed by atoms with Gasteiger partial charge in [-0.2, -0.15) is 0 Å². The first-order chi connectivity index (χ1) is 12.2. The normalized spacial score (nSPS) is 11.7. The third-order valence-electron chi connectivity index (χ3n) is 4.16. The molecule has 0 radical (unpaired) electrons. The maximum atomic E-state index is 11.7. The van der Waals surface area contributed by atoms with Gasteiger partial charge in [-0.3, -0.25) is 0 Å². The highest BCUT2D eigenvalue weighted by atomic mass is 16.5. The molecule has 1 aromatic carbocycles. The van der Waals surface area contributed by atoms with Crippen LogP contribution >= 0.6 is 0 Å². The Bertz CT molecular complexity index is 892. The van der Waals surface area contributed by atoms with E-state index in [4.69, 9.17) is 4.74 Å². The van der Waals surface area contributed by atoms with Crippen molar-refractivity contribution < 1.29 is 9.53 Å². The molecule has 25 heavy (non-hydrogen) atoms. The third-order valence-corrected chi connectivity index (χ3v) is 4.16. The van der Waals surface area contributed by atoms with E-state index in [1.807, 2.05) is 37.7 Å². The van der Waals surface area contributed by atoms with E-state index in [-0.39, 0.29) is 5.97 Å². The predicted octanol–water partition coefficient (Wildman–Crippen LogP) is 4.09. The molecule has 2 aromatic heterocycles. The molecule has 0 N–H and O–H groups in total. The second-order valence-corrected chi connectivity index (χ2v) is 6.00. The number of benzene rings is 1. The lowest BCUT2D eigenvalue weighted by molar-refractivity contribution is -0.138. The molecule has 0 amide bonds. The molecule has 0 bridgehead atoms. The number of carbonyl (C=O) groups is 1. The zero-order valence-corrected chi connectivity index (χ0v) is 14.6. The van der Waals surface area contributed by atoms with Crippen molar-refractivity contribution in [3.05, 3.63) is 77.4 Å². The number of ether oxygens (including phenoxy) is 1. The molecule has 128 valence electrons. The Morgan fingerprint density at radius 1 is 1.16 bits per heavy atom. The maximum Gasteiger partial charge on any atom is 0.333 e. The van der Waals surface area contributed by atoms with Crippen molar-refractivity contribution in [1.82, 2.24) is 9.38 Å². The quantitative estimate of drug-likeness (QED) is 0.504. The molecule has 0 saturated heterocycles. The summed E-state index contributed by atoms with van der Waals surface area (Å²) < 4.78 is 7.13. The molecule has 0 fully saturated rings. The van der Waals surface area contributed by atoms with Gasteiger partial charge in [0.15, 0.2) is 0 Å². The molecule has 2 heterocycles. The van der Waals surface area contributed by atoms with Gasteiger partial charge in [0.25, 0.3) is 0 Å². The molecule has 4 heteroatoms. The van der Waals surface area contributed by atoms with E-state index in [0.29, 0.717) is 12.2 Å². The number of rotatable bonds is 6. The van der Waals surface area contributed by atoms with E-state index in [2.05, 4.69) is 39.7 Å².